The van der Waals surface area contributed by atoms with Crippen LogP contribution >= 0.6 is 0 Å². The SMILES string of the molecule is O=C(O)CCC1CN(S(=O)(=O)c2cccc(C(F)(F)F)c2)c2cc(C=C3CCCCC3)ccc2O1. The summed E-state index contributed by atoms with van der Waals surface area (Å²) in [5.74, 6) is -0.811. The van der Waals surface area contributed by atoms with Gasteiger partial charge in [0.1, 0.15) is 11.9 Å². The smallest absolute Gasteiger partial charge is 0.416 e. The first-order chi connectivity index (χ1) is 16.5. The fraction of sp³-hybridized carbons (Fsp3) is 0.400. The molecule has 0 spiro atoms. The number of hydrogen-bond acceptors (Lipinski definition) is 4. The molecule has 1 fully saturated rings. The molecule has 10 heteroatoms. The van der Waals surface area contributed by atoms with Gasteiger partial charge in [-0.15, -0.1) is 0 Å². The molecule has 1 heterocycles. The summed E-state index contributed by atoms with van der Waals surface area (Å²) in [6.45, 7) is -0.209. The zero-order valence-corrected chi connectivity index (χ0v) is 19.7. The van der Waals surface area contributed by atoms with Gasteiger partial charge in [0.05, 0.1) is 22.7 Å². The Morgan fingerprint density at radius 2 is 1.86 bits per heavy atom. The number of rotatable bonds is 6. The topological polar surface area (TPSA) is 83.9 Å². The van der Waals surface area contributed by atoms with Gasteiger partial charge in [-0.05, 0) is 68.0 Å². The third-order valence-electron chi connectivity index (χ3n) is 6.21. The van der Waals surface area contributed by atoms with Crippen LogP contribution in [0.15, 0.2) is 52.9 Å². The standard InChI is InChI=1S/C25H26F3NO5S/c26-25(27,28)19-7-4-8-21(15-19)35(32,33)29-16-20(10-12-24(30)31)34-23-11-9-18(14-22(23)29)13-17-5-2-1-3-6-17/h4,7-9,11,13-15,20H,1-3,5-6,10,12,16H2,(H,30,31). The lowest BCUT2D eigenvalue weighted by Gasteiger charge is -2.35. The molecule has 4 rings (SSSR count). The van der Waals surface area contributed by atoms with Gasteiger partial charge >= 0.3 is 12.1 Å². The van der Waals surface area contributed by atoms with Crippen LogP contribution in [0.5, 0.6) is 5.75 Å². The molecule has 0 radical (unpaired) electrons. The monoisotopic (exact) mass is 509 g/mol. The van der Waals surface area contributed by atoms with E-state index in [2.05, 4.69) is 0 Å². The highest BCUT2D eigenvalue weighted by Crippen LogP contribution is 2.40. The molecule has 1 N–H and O–H groups in total. The van der Waals surface area contributed by atoms with Crippen LogP contribution in [0.4, 0.5) is 18.9 Å². The van der Waals surface area contributed by atoms with Crippen molar-refractivity contribution in [1.82, 2.24) is 0 Å². The average molecular weight is 510 g/mol. The Morgan fingerprint density at radius 3 is 2.54 bits per heavy atom. The number of alkyl halides is 3. The molecule has 0 aromatic heterocycles. The molecule has 2 aromatic rings. The normalized spacial score (nSPS) is 18.5. The quantitative estimate of drug-likeness (QED) is 0.526. The fourth-order valence-electron chi connectivity index (χ4n) is 4.43. The van der Waals surface area contributed by atoms with Gasteiger partial charge in [0, 0.05) is 6.42 Å². The highest BCUT2D eigenvalue weighted by molar-refractivity contribution is 7.92. The van der Waals surface area contributed by atoms with Crippen molar-refractivity contribution in [2.45, 2.75) is 62.1 Å². The summed E-state index contributed by atoms with van der Waals surface area (Å²) < 4.78 is 73.9. The van der Waals surface area contributed by atoms with E-state index in [1.807, 2.05) is 6.08 Å². The maximum absolute atomic E-state index is 13.6. The summed E-state index contributed by atoms with van der Waals surface area (Å²) in [6.07, 6.45) is 1.69. The number of halogens is 3. The maximum Gasteiger partial charge on any atom is 0.416 e. The van der Waals surface area contributed by atoms with E-state index in [0.29, 0.717) is 6.07 Å². The van der Waals surface area contributed by atoms with E-state index in [9.17, 15) is 26.4 Å². The highest BCUT2D eigenvalue weighted by atomic mass is 32.2. The van der Waals surface area contributed by atoms with Gasteiger partial charge in [0.2, 0.25) is 0 Å². The van der Waals surface area contributed by atoms with E-state index >= 15 is 0 Å². The second-order valence-corrected chi connectivity index (χ2v) is 10.7. The van der Waals surface area contributed by atoms with Crippen LogP contribution in [0, 0.1) is 0 Å². The number of sulfonamides is 1. The second-order valence-electron chi connectivity index (χ2n) is 8.82. The number of allylic oxidation sites excluding steroid dienone is 1. The third-order valence-corrected chi connectivity index (χ3v) is 7.99. The van der Waals surface area contributed by atoms with E-state index in [4.69, 9.17) is 9.84 Å². The maximum atomic E-state index is 13.6. The van der Waals surface area contributed by atoms with E-state index in [1.54, 1.807) is 18.2 Å². The number of hydrogen-bond donors (Lipinski definition) is 1. The fourth-order valence-corrected chi connectivity index (χ4v) is 5.97. The van der Waals surface area contributed by atoms with Gasteiger partial charge in [-0.1, -0.05) is 30.2 Å². The van der Waals surface area contributed by atoms with Crippen LogP contribution in [0.3, 0.4) is 0 Å². The van der Waals surface area contributed by atoms with Crippen molar-refractivity contribution < 1.29 is 36.2 Å². The van der Waals surface area contributed by atoms with Gasteiger partial charge in [0.15, 0.2) is 0 Å². The van der Waals surface area contributed by atoms with E-state index in [-0.39, 0.29) is 30.8 Å². The Hall–Kier alpha value is -3.01. The highest BCUT2D eigenvalue weighted by Gasteiger charge is 2.37. The first-order valence-electron chi connectivity index (χ1n) is 11.5. The van der Waals surface area contributed by atoms with Crippen molar-refractivity contribution in [3.8, 4) is 5.75 Å². The number of fused-ring (bicyclic) bond motifs is 1. The van der Waals surface area contributed by atoms with Crippen LogP contribution in [0.2, 0.25) is 0 Å². The number of nitrogens with zero attached hydrogens (tertiary/aromatic N) is 1. The minimum atomic E-state index is -4.70. The molecule has 1 unspecified atom stereocenters. The lowest BCUT2D eigenvalue weighted by Crippen LogP contribution is -2.43. The van der Waals surface area contributed by atoms with Crippen molar-refractivity contribution in [1.29, 1.82) is 0 Å². The van der Waals surface area contributed by atoms with E-state index < -0.39 is 38.7 Å². The van der Waals surface area contributed by atoms with Crippen LogP contribution in [-0.2, 0) is 21.0 Å². The summed E-state index contributed by atoms with van der Waals surface area (Å²) in [5, 5.41) is 9.04. The van der Waals surface area contributed by atoms with Crippen molar-refractivity contribution in [2.75, 3.05) is 10.8 Å². The number of carboxylic acid groups (broad SMARTS) is 1. The Bertz CT molecular complexity index is 1230. The molecule has 0 bridgehead atoms. The predicted octanol–water partition coefficient (Wildman–Crippen LogP) is 5.87. The third kappa shape index (κ3) is 5.80. The van der Waals surface area contributed by atoms with Gasteiger partial charge in [-0.25, -0.2) is 8.42 Å². The molecule has 1 atom stereocenters. The zero-order chi connectivity index (χ0) is 25.2. The molecule has 1 saturated carbocycles. The second kappa shape index (κ2) is 9.93. The summed E-state index contributed by atoms with van der Waals surface area (Å²) in [4.78, 5) is 10.6. The molecule has 188 valence electrons. The molecule has 2 aromatic carbocycles. The largest absolute Gasteiger partial charge is 0.486 e. The first kappa shape index (κ1) is 25.1. The number of anilines is 1. The molecule has 0 amide bonds. The molecule has 0 saturated heterocycles. The number of carbonyl (C=O) groups is 1. The summed E-state index contributed by atoms with van der Waals surface area (Å²) in [6, 6.07) is 8.71. The Balaban J connectivity index is 1.75. The number of ether oxygens (including phenoxy) is 1. The molecular weight excluding hydrogens is 483 g/mol. The van der Waals surface area contributed by atoms with E-state index in [0.717, 1.165) is 53.8 Å². The minimum Gasteiger partial charge on any atom is -0.486 e. The predicted molar refractivity (Wildman–Crippen MR) is 125 cm³/mol. The van der Waals surface area contributed by atoms with Crippen LogP contribution in [0.1, 0.15) is 56.1 Å². The lowest BCUT2D eigenvalue weighted by atomic mass is 9.93. The van der Waals surface area contributed by atoms with Gasteiger partial charge < -0.3 is 9.84 Å². The van der Waals surface area contributed by atoms with E-state index in [1.165, 1.54) is 12.0 Å². The first-order valence-corrected chi connectivity index (χ1v) is 12.9. The minimum absolute atomic E-state index is 0.0508. The summed E-state index contributed by atoms with van der Waals surface area (Å²) >= 11 is 0. The molecule has 6 nitrogen and oxygen atoms in total. The van der Waals surface area contributed by atoms with Gasteiger partial charge in [-0.2, -0.15) is 13.2 Å². The molecule has 35 heavy (non-hydrogen) atoms. The molecule has 1 aliphatic heterocycles. The average Bonchev–Trinajstić information content (AvgIpc) is 2.82. The molecule has 2 aliphatic rings. The molecule has 1 aliphatic carbocycles. The zero-order valence-electron chi connectivity index (χ0n) is 18.9. The Morgan fingerprint density at radius 1 is 1.11 bits per heavy atom. The van der Waals surface area contributed by atoms with Gasteiger partial charge in [-0.3, -0.25) is 9.10 Å². The van der Waals surface area contributed by atoms with Crippen molar-refractivity contribution in [3.63, 3.8) is 0 Å². The summed E-state index contributed by atoms with van der Waals surface area (Å²) in [5.41, 5.74) is 1.20. The Kier molecular flexibility index (Phi) is 7.12. The van der Waals surface area contributed by atoms with Crippen LogP contribution < -0.4 is 9.04 Å². The van der Waals surface area contributed by atoms with Crippen LogP contribution in [-0.4, -0.2) is 32.1 Å². The van der Waals surface area contributed by atoms with Gasteiger partial charge in [0.25, 0.3) is 10.0 Å². The number of aliphatic carboxylic acids is 1. The van der Waals surface area contributed by atoms with Crippen LogP contribution in [0.25, 0.3) is 6.08 Å². The number of benzene rings is 2. The summed E-state index contributed by atoms with van der Waals surface area (Å²) in [7, 11) is -4.39. The van der Waals surface area contributed by atoms with Crippen molar-refractivity contribution in [2.24, 2.45) is 0 Å². The number of carboxylic acids is 1. The Labute approximate surface area is 202 Å². The molecular formula is C25H26F3NO5S. The van der Waals surface area contributed by atoms with Crippen molar-refractivity contribution >= 4 is 27.8 Å². The van der Waals surface area contributed by atoms with Crippen molar-refractivity contribution in [3.05, 3.63) is 59.2 Å². The lowest BCUT2D eigenvalue weighted by molar-refractivity contribution is -0.138.